The lowest BCUT2D eigenvalue weighted by atomic mass is 9.95. The van der Waals surface area contributed by atoms with Crippen LogP contribution in [0.3, 0.4) is 0 Å². The number of aryl methyl sites for hydroxylation is 1. The summed E-state index contributed by atoms with van der Waals surface area (Å²) in [5.41, 5.74) is 3.52. The van der Waals surface area contributed by atoms with Gasteiger partial charge in [0.2, 0.25) is 23.0 Å². The zero-order valence-electron chi connectivity index (χ0n) is 27.5. The van der Waals surface area contributed by atoms with Crippen molar-refractivity contribution in [3.05, 3.63) is 45.6 Å². The molecule has 4 rings (SSSR count). The van der Waals surface area contributed by atoms with Crippen LogP contribution in [-0.4, -0.2) is 88.4 Å². The van der Waals surface area contributed by atoms with Crippen LogP contribution in [0.4, 0.5) is 10.5 Å². The molecule has 0 bridgehead atoms. The van der Waals surface area contributed by atoms with E-state index in [0.29, 0.717) is 87.1 Å². The zero-order valence-corrected chi connectivity index (χ0v) is 27.5. The molecule has 0 spiro atoms. The Morgan fingerprint density at radius 3 is 2.28 bits per heavy atom. The largest absolute Gasteiger partial charge is 0.493 e. The molecule has 1 aliphatic heterocycles. The quantitative estimate of drug-likeness (QED) is 0.329. The summed E-state index contributed by atoms with van der Waals surface area (Å²) in [5.74, 6) is 1.41. The van der Waals surface area contributed by atoms with Gasteiger partial charge in [0.15, 0.2) is 11.5 Å². The number of benzene rings is 1. The predicted molar refractivity (Wildman–Crippen MR) is 175 cm³/mol. The van der Waals surface area contributed by atoms with Crippen molar-refractivity contribution in [2.24, 2.45) is 0 Å². The fourth-order valence-corrected chi connectivity index (χ4v) is 6.17. The first-order valence-corrected chi connectivity index (χ1v) is 15.9. The molecule has 2 N–H and O–H groups in total. The Bertz CT molecular complexity index is 1470. The van der Waals surface area contributed by atoms with Gasteiger partial charge in [0.25, 0.3) is 0 Å². The van der Waals surface area contributed by atoms with Crippen molar-refractivity contribution in [3.8, 4) is 28.4 Å². The molecule has 250 valence electrons. The van der Waals surface area contributed by atoms with Crippen LogP contribution in [0, 0.1) is 0 Å². The Morgan fingerprint density at radius 1 is 0.913 bits per heavy atom. The number of methoxy groups -OCH3 is 3. The van der Waals surface area contributed by atoms with Crippen molar-refractivity contribution >= 4 is 23.6 Å². The SMILES string of the molecule is CCOC(=O)N1CCN(C(=O)CCCCCNc2ccc3c(cc2=O)[C@@H](NC(C)=O)CCc2cc(OC)c(OC)c(OC)c2-3)CC1. The van der Waals surface area contributed by atoms with E-state index in [1.165, 1.54) is 6.92 Å². The van der Waals surface area contributed by atoms with Crippen LogP contribution in [0.25, 0.3) is 11.1 Å². The number of ether oxygens (including phenoxy) is 4. The number of hydrogen-bond acceptors (Lipinski definition) is 9. The molecule has 12 heteroatoms. The molecule has 2 aromatic carbocycles. The number of nitrogens with zero attached hydrogens (tertiary/aromatic N) is 2. The molecule has 0 unspecified atom stereocenters. The van der Waals surface area contributed by atoms with Gasteiger partial charge in [0, 0.05) is 51.6 Å². The lowest BCUT2D eigenvalue weighted by Gasteiger charge is -2.34. The smallest absolute Gasteiger partial charge is 0.409 e. The molecule has 2 aliphatic rings. The maximum absolute atomic E-state index is 13.5. The Kier molecular flexibility index (Phi) is 12.1. The minimum Gasteiger partial charge on any atom is -0.493 e. The van der Waals surface area contributed by atoms with E-state index in [4.69, 9.17) is 18.9 Å². The average molecular weight is 639 g/mol. The summed E-state index contributed by atoms with van der Waals surface area (Å²) in [6.07, 6.45) is 3.67. The molecule has 0 saturated carbocycles. The molecule has 0 aromatic heterocycles. The van der Waals surface area contributed by atoms with Crippen molar-refractivity contribution in [2.75, 3.05) is 66.0 Å². The van der Waals surface area contributed by atoms with E-state index < -0.39 is 0 Å². The highest BCUT2D eigenvalue weighted by atomic mass is 16.6. The topological polar surface area (TPSA) is 136 Å². The number of fused-ring (bicyclic) bond motifs is 3. The second kappa shape index (κ2) is 16.2. The van der Waals surface area contributed by atoms with Gasteiger partial charge in [-0.05, 0) is 67.5 Å². The van der Waals surface area contributed by atoms with Gasteiger partial charge >= 0.3 is 6.09 Å². The zero-order chi connectivity index (χ0) is 33.2. The van der Waals surface area contributed by atoms with E-state index >= 15 is 0 Å². The fourth-order valence-electron chi connectivity index (χ4n) is 6.17. The molecule has 1 atom stereocenters. The molecule has 1 aliphatic carbocycles. The van der Waals surface area contributed by atoms with Crippen LogP contribution in [0.2, 0.25) is 0 Å². The van der Waals surface area contributed by atoms with Gasteiger partial charge in [0.05, 0.1) is 39.7 Å². The number of carbonyl (C=O) groups is 3. The second-order valence-corrected chi connectivity index (χ2v) is 11.4. The highest BCUT2D eigenvalue weighted by Gasteiger charge is 2.29. The fraction of sp³-hybridized carbons (Fsp3) is 0.529. The standard InChI is InChI=1S/C34H46N4O8/c1-6-46-34(42)38-18-16-37(17-19-38)30(41)10-8-7-9-15-35-27-14-12-24-25(21-28(27)40)26(36-22(2)39)13-11-23-20-29(43-3)32(44-4)33(45-5)31(23)24/h12,14,20-21,26H,6-11,13,15-19H2,1-5H3,(H,35,40)(H,36,39)/t26-/m0/s1. The summed E-state index contributed by atoms with van der Waals surface area (Å²) in [4.78, 5) is 53.6. The first-order valence-electron chi connectivity index (χ1n) is 15.9. The van der Waals surface area contributed by atoms with Crippen LogP contribution in [0.1, 0.15) is 63.1 Å². The van der Waals surface area contributed by atoms with E-state index in [1.807, 2.05) is 12.1 Å². The van der Waals surface area contributed by atoms with Crippen molar-refractivity contribution in [1.82, 2.24) is 15.1 Å². The van der Waals surface area contributed by atoms with Crippen molar-refractivity contribution in [3.63, 3.8) is 0 Å². The summed E-state index contributed by atoms with van der Waals surface area (Å²) in [7, 11) is 4.70. The lowest BCUT2D eigenvalue weighted by Crippen LogP contribution is -2.50. The van der Waals surface area contributed by atoms with Gasteiger partial charge in [-0.1, -0.05) is 12.5 Å². The van der Waals surface area contributed by atoms with Crippen LogP contribution in [-0.2, 0) is 20.7 Å². The number of piperazine rings is 1. The maximum Gasteiger partial charge on any atom is 0.409 e. The minimum absolute atomic E-state index is 0.0913. The van der Waals surface area contributed by atoms with E-state index in [-0.39, 0.29) is 29.4 Å². The van der Waals surface area contributed by atoms with E-state index in [1.54, 1.807) is 50.2 Å². The summed E-state index contributed by atoms with van der Waals surface area (Å²) < 4.78 is 22.1. The number of carbonyl (C=O) groups excluding carboxylic acids is 3. The first-order chi connectivity index (χ1) is 22.2. The molecule has 0 radical (unpaired) electrons. The van der Waals surface area contributed by atoms with Gasteiger partial charge in [-0.15, -0.1) is 0 Å². The van der Waals surface area contributed by atoms with E-state index in [9.17, 15) is 19.2 Å². The number of hydrogen-bond donors (Lipinski definition) is 2. The van der Waals surface area contributed by atoms with Gasteiger partial charge in [-0.3, -0.25) is 14.4 Å². The van der Waals surface area contributed by atoms with Crippen LogP contribution in [0.15, 0.2) is 29.1 Å². The van der Waals surface area contributed by atoms with E-state index in [2.05, 4.69) is 10.6 Å². The van der Waals surface area contributed by atoms with Gasteiger partial charge in [0.1, 0.15) is 0 Å². The molecule has 46 heavy (non-hydrogen) atoms. The number of amides is 3. The number of unbranched alkanes of at least 4 members (excludes halogenated alkanes) is 2. The molecule has 2 aromatic rings. The number of anilines is 1. The van der Waals surface area contributed by atoms with Crippen molar-refractivity contribution in [1.29, 1.82) is 0 Å². The van der Waals surface area contributed by atoms with Crippen molar-refractivity contribution < 1.29 is 33.3 Å². The maximum atomic E-state index is 13.5. The normalized spacial score (nSPS) is 15.5. The van der Waals surface area contributed by atoms with Crippen molar-refractivity contribution in [2.45, 2.75) is 58.4 Å². The van der Waals surface area contributed by atoms with Crippen LogP contribution >= 0.6 is 0 Å². The lowest BCUT2D eigenvalue weighted by molar-refractivity contribution is -0.133. The third kappa shape index (κ3) is 8.02. The highest BCUT2D eigenvalue weighted by Crippen LogP contribution is 2.50. The Balaban J connectivity index is 1.43. The summed E-state index contributed by atoms with van der Waals surface area (Å²) >= 11 is 0. The summed E-state index contributed by atoms with van der Waals surface area (Å²) in [6.45, 7) is 6.14. The first kappa shape index (κ1) is 34.4. The average Bonchev–Trinajstić information content (AvgIpc) is 3.29. The monoisotopic (exact) mass is 638 g/mol. The Hall–Kier alpha value is -4.48. The number of nitrogens with one attached hydrogen (secondary N) is 2. The summed E-state index contributed by atoms with van der Waals surface area (Å²) in [6, 6.07) is 6.82. The van der Waals surface area contributed by atoms with Crippen LogP contribution in [0.5, 0.6) is 17.2 Å². The third-order valence-corrected chi connectivity index (χ3v) is 8.46. The molecular weight excluding hydrogens is 592 g/mol. The minimum atomic E-state index is -0.375. The molecular formula is C34H46N4O8. The number of rotatable bonds is 12. The molecule has 1 fully saturated rings. The van der Waals surface area contributed by atoms with Crippen LogP contribution < -0.4 is 30.3 Å². The molecule has 12 nitrogen and oxygen atoms in total. The predicted octanol–water partition coefficient (Wildman–Crippen LogP) is 4.14. The summed E-state index contributed by atoms with van der Waals surface area (Å²) in [5, 5.41) is 6.30. The third-order valence-electron chi connectivity index (χ3n) is 8.46. The second-order valence-electron chi connectivity index (χ2n) is 11.4. The van der Waals surface area contributed by atoms with Gasteiger partial charge < -0.3 is 39.4 Å². The van der Waals surface area contributed by atoms with Gasteiger partial charge in [-0.2, -0.15) is 0 Å². The highest BCUT2D eigenvalue weighted by molar-refractivity contribution is 5.84. The molecule has 3 amide bonds. The molecule has 1 saturated heterocycles. The van der Waals surface area contributed by atoms with Gasteiger partial charge in [-0.25, -0.2) is 4.79 Å². The molecule has 1 heterocycles. The van der Waals surface area contributed by atoms with E-state index in [0.717, 1.165) is 36.0 Å². The Morgan fingerprint density at radius 2 is 1.63 bits per heavy atom. The Labute approximate surface area is 270 Å².